The number of hydrogen-bond acceptors (Lipinski definition) is 3. The fourth-order valence-corrected chi connectivity index (χ4v) is 2.92. The minimum absolute atomic E-state index is 0.0896. The maximum Gasteiger partial charge on any atom is 0.325 e. The van der Waals surface area contributed by atoms with Crippen molar-refractivity contribution >= 4 is 17.9 Å². The van der Waals surface area contributed by atoms with Crippen LogP contribution >= 0.6 is 0 Å². The van der Waals surface area contributed by atoms with Crippen molar-refractivity contribution in [2.24, 2.45) is 0 Å². The lowest BCUT2D eigenvalue weighted by Crippen LogP contribution is -2.44. The van der Waals surface area contributed by atoms with Gasteiger partial charge in [0.25, 0.3) is 5.91 Å². The van der Waals surface area contributed by atoms with Crippen molar-refractivity contribution in [3.8, 4) is 0 Å². The SMILES string of the molecule is O=C(O)CCCCCN1C(=O)NC2(CCCC2)C1=O. The molecule has 1 aliphatic carbocycles. The second-order valence-electron chi connectivity index (χ2n) is 5.38. The third-order valence-corrected chi connectivity index (χ3v) is 3.98. The van der Waals surface area contributed by atoms with Gasteiger partial charge in [-0.1, -0.05) is 19.3 Å². The maximum absolute atomic E-state index is 12.3. The smallest absolute Gasteiger partial charge is 0.325 e. The number of urea groups is 1. The van der Waals surface area contributed by atoms with E-state index in [9.17, 15) is 14.4 Å². The van der Waals surface area contributed by atoms with Crippen LogP contribution in [0, 0.1) is 0 Å². The van der Waals surface area contributed by atoms with Gasteiger partial charge < -0.3 is 10.4 Å². The number of carbonyl (C=O) groups is 3. The van der Waals surface area contributed by atoms with Crippen molar-refractivity contribution in [1.82, 2.24) is 10.2 Å². The number of carboxylic acids is 1. The minimum Gasteiger partial charge on any atom is -0.481 e. The van der Waals surface area contributed by atoms with E-state index in [0.717, 1.165) is 32.1 Å². The molecule has 3 amide bonds. The lowest BCUT2D eigenvalue weighted by Gasteiger charge is -2.19. The van der Waals surface area contributed by atoms with Crippen molar-refractivity contribution in [3.63, 3.8) is 0 Å². The summed E-state index contributed by atoms with van der Waals surface area (Å²) in [4.78, 5) is 35.7. The first kappa shape index (κ1) is 13.8. The van der Waals surface area contributed by atoms with E-state index in [4.69, 9.17) is 5.11 Å². The highest BCUT2D eigenvalue weighted by Crippen LogP contribution is 2.35. The van der Waals surface area contributed by atoms with Crippen molar-refractivity contribution < 1.29 is 19.5 Å². The third kappa shape index (κ3) is 2.88. The standard InChI is InChI=1S/C13H20N2O4/c16-10(17)6-2-1-5-9-15-11(18)13(14-12(15)19)7-3-4-8-13/h1-9H2,(H,14,19)(H,16,17). The number of hydrogen-bond donors (Lipinski definition) is 2. The lowest BCUT2D eigenvalue weighted by molar-refractivity contribution is -0.137. The summed E-state index contributed by atoms with van der Waals surface area (Å²) in [5, 5.41) is 11.4. The number of amides is 3. The van der Waals surface area contributed by atoms with E-state index >= 15 is 0 Å². The van der Waals surface area contributed by atoms with Crippen LogP contribution < -0.4 is 5.32 Å². The van der Waals surface area contributed by atoms with Crippen molar-refractivity contribution in [2.45, 2.75) is 56.9 Å². The normalized spacial score (nSPS) is 21.2. The molecule has 1 aliphatic heterocycles. The zero-order chi connectivity index (χ0) is 13.9. The fourth-order valence-electron chi connectivity index (χ4n) is 2.92. The molecule has 6 nitrogen and oxygen atoms in total. The Bertz CT molecular complexity index is 388. The summed E-state index contributed by atoms with van der Waals surface area (Å²) in [5.41, 5.74) is -0.627. The highest BCUT2D eigenvalue weighted by Gasteiger charge is 2.51. The van der Waals surface area contributed by atoms with Crippen LogP contribution in [-0.2, 0) is 9.59 Å². The van der Waals surface area contributed by atoms with E-state index in [0.29, 0.717) is 19.4 Å². The summed E-state index contributed by atoms with van der Waals surface area (Å²) < 4.78 is 0. The van der Waals surface area contributed by atoms with E-state index in [1.165, 1.54) is 4.90 Å². The average molecular weight is 268 g/mol. The number of nitrogens with one attached hydrogen (secondary N) is 1. The van der Waals surface area contributed by atoms with Crippen LogP contribution in [0.4, 0.5) is 4.79 Å². The molecule has 1 saturated carbocycles. The predicted octanol–water partition coefficient (Wildman–Crippen LogP) is 1.50. The van der Waals surface area contributed by atoms with E-state index in [1.807, 2.05) is 0 Å². The van der Waals surface area contributed by atoms with E-state index in [2.05, 4.69) is 5.32 Å². The van der Waals surface area contributed by atoms with Gasteiger partial charge in [-0.05, 0) is 25.7 Å². The Balaban J connectivity index is 1.79. The van der Waals surface area contributed by atoms with Gasteiger partial charge in [0.1, 0.15) is 5.54 Å². The molecule has 0 aromatic carbocycles. The average Bonchev–Trinajstić information content (AvgIpc) is 2.89. The molecule has 6 heteroatoms. The molecule has 106 valence electrons. The molecular formula is C13H20N2O4. The fraction of sp³-hybridized carbons (Fsp3) is 0.769. The molecule has 0 aromatic rings. The number of nitrogens with zero attached hydrogens (tertiary/aromatic N) is 1. The molecule has 2 N–H and O–H groups in total. The zero-order valence-electron chi connectivity index (χ0n) is 11.0. The molecule has 2 aliphatic rings. The minimum atomic E-state index is -0.806. The molecule has 0 atom stereocenters. The van der Waals surface area contributed by atoms with Gasteiger partial charge in [0.15, 0.2) is 0 Å². The molecule has 2 rings (SSSR count). The Morgan fingerprint density at radius 1 is 1.21 bits per heavy atom. The highest BCUT2D eigenvalue weighted by atomic mass is 16.4. The molecule has 2 fully saturated rings. The van der Waals surface area contributed by atoms with E-state index in [-0.39, 0.29) is 18.4 Å². The van der Waals surface area contributed by atoms with Crippen molar-refractivity contribution in [1.29, 1.82) is 0 Å². The molecular weight excluding hydrogens is 248 g/mol. The van der Waals surface area contributed by atoms with Gasteiger partial charge in [-0.2, -0.15) is 0 Å². The van der Waals surface area contributed by atoms with Gasteiger partial charge in [0.05, 0.1) is 0 Å². The maximum atomic E-state index is 12.3. The second kappa shape index (κ2) is 5.59. The summed E-state index contributed by atoms with van der Waals surface area (Å²) in [7, 11) is 0. The summed E-state index contributed by atoms with van der Waals surface area (Å²) in [6.45, 7) is 0.395. The van der Waals surface area contributed by atoms with Gasteiger partial charge in [-0.15, -0.1) is 0 Å². The van der Waals surface area contributed by atoms with Crippen LogP contribution in [0.15, 0.2) is 0 Å². The molecule has 0 bridgehead atoms. The first-order valence-corrected chi connectivity index (χ1v) is 6.91. The predicted molar refractivity (Wildman–Crippen MR) is 67.5 cm³/mol. The van der Waals surface area contributed by atoms with Crippen LogP contribution in [0.2, 0.25) is 0 Å². The number of aliphatic carboxylic acids is 1. The zero-order valence-corrected chi connectivity index (χ0v) is 11.0. The van der Waals surface area contributed by atoms with Gasteiger partial charge in [-0.3, -0.25) is 14.5 Å². The molecule has 1 spiro atoms. The van der Waals surface area contributed by atoms with Crippen LogP contribution in [0.5, 0.6) is 0 Å². The van der Waals surface area contributed by atoms with Gasteiger partial charge >= 0.3 is 12.0 Å². The molecule has 0 unspecified atom stereocenters. The first-order chi connectivity index (χ1) is 9.05. The molecule has 19 heavy (non-hydrogen) atoms. The topological polar surface area (TPSA) is 86.7 Å². The Morgan fingerprint density at radius 3 is 2.53 bits per heavy atom. The van der Waals surface area contributed by atoms with Crippen molar-refractivity contribution in [3.05, 3.63) is 0 Å². The summed E-state index contributed by atoms with van der Waals surface area (Å²) in [5.74, 6) is -0.895. The van der Waals surface area contributed by atoms with E-state index < -0.39 is 11.5 Å². The molecule has 0 radical (unpaired) electrons. The Labute approximate surface area is 112 Å². The molecule has 0 aromatic heterocycles. The van der Waals surface area contributed by atoms with Gasteiger partial charge in [0.2, 0.25) is 0 Å². The van der Waals surface area contributed by atoms with Gasteiger partial charge in [0, 0.05) is 13.0 Å². The lowest BCUT2D eigenvalue weighted by atomic mass is 9.98. The number of unbranched alkanes of at least 4 members (excludes halogenated alkanes) is 2. The Morgan fingerprint density at radius 2 is 1.89 bits per heavy atom. The first-order valence-electron chi connectivity index (χ1n) is 6.91. The Kier molecular flexibility index (Phi) is 4.07. The monoisotopic (exact) mass is 268 g/mol. The molecule has 1 saturated heterocycles. The van der Waals surface area contributed by atoms with Crippen LogP contribution in [0.25, 0.3) is 0 Å². The number of imide groups is 1. The number of carbonyl (C=O) groups excluding carboxylic acids is 2. The summed E-state index contributed by atoms with van der Waals surface area (Å²) >= 11 is 0. The van der Waals surface area contributed by atoms with Gasteiger partial charge in [-0.25, -0.2) is 4.79 Å². The van der Waals surface area contributed by atoms with Crippen LogP contribution in [0.3, 0.4) is 0 Å². The number of rotatable bonds is 6. The third-order valence-electron chi connectivity index (χ3n) is 3.98. The second-order valence-corrected chi connectivity index (χ2v) is 5.38. The van der Waals surface area contributed by atoms with Crippen LogP contribution in [-0.4, -0.2) is 40.0 Å². The highest BCUT2D eigenvalue weighted by molar-refractivity contribution is 6.07. The van der Waals surface area contributed by atoms with E-state index in [1.54, 1.807) is 0 Å². The largest absolute Gasteiger partial charge is 0.481 e. The quantitative estimate of drug-likeness (QED) is 0.564. The van der Waals surface area contributed by atoms with Crippen molar-refractivity contribution in [2.75, 3.05) is 6.54 Å². The summed E-state index contributed by atoms with van der Waals surface area (Å²) in [6, 6.07) is -0.287. The molecule has 1 heterocycles. The number of carboxylic acid groups (broad SMARTS) is 1. The van der Waals surface area contributed by atoms with Crippen LogP contribution in [0.1, 0.15) is 51.4 Å². The Hall–Kier alpha value is -1.59. The summed E-state index contributed by atoms with van der Waals surface area (Å²) in [6.07, 6.45) is 5.57.